The van der Waals surface area contributed by atoms with Gasteiger partial charge in [-0.15, -0.1) is 12.4 Å². The molecule has 1 fully saturated rings. The fraction of sp³-hybridized carbons (Fsp3) is 0.333. The molecule has 2 aromatic heterocycles. The zero-order chi connectivity index (χ0) is 19.0. The molecule has 10 heteroatoms. The second-order valence-electron chi connectivity index (χ2n) is 6.63. The highest BCUT2D eigenvalue weighted by molar-refractivity contribution is 6.11. The Morgan fingerprint density at radius 2 is 2.04 bits per heavy atom. The first kappa shape index (κ1) is 20.0. The van der Waals surface area contributed by atoms with E-state index in [4.69, 9.17) is 0 Å². The van der Waals surface area contributed by atoms with Crippen LogP contribution in [0.5, 0.6) is 0 Å². The maximum atomic E-state index is 13.4. The maximum Gasteiger partial charge on any atom is 0.258 e. The van der Waals surface area contributed by atoms with Crippen molar-refractivity contribution in [2.45, 2.75) is 18.8 Å². The molecule has 0 radical (unpaired) electrons. The predicted molar refractivity (Wildman–Crippen MR) is 106 cm³/mol. The van der Waals surface area contributed by atoms with Crippen molar-refractivity contribution in [1.82, 2.24) is 25.1 Å². The molecule has 8 nitrogen and oxygen atoms in total. The van der Waals surface area contributed by atoms with Gasteiger partial charge in [0, 0.05) is 24.4 Å². The Bertz CT molecular complexity index is 1070. The summed E-state index contributed by atoms with van der Waals surface area (Å²) in [6, 6.07) is 5.09. The molecular weight excluding hydrogens is 387 g/mol. The number of piperidine rings is 1. The second kappa shape index (κ2) is 8.07. The number of hydrogen-bond donors (Lipinski definition) is 3. The summed E-state index contributed by atoms with van der Waals surface area (Å²) in [5.41, 5.74) is -0.0622. The van der Waals surface area contributed by atoms with Crippen molar-refractivity contribution >= 4 is 35.2 Å². The molecule has 28 heavy (non-hydrogen) atoms. The first-order chi connectivity index (χ1) is 13.0. The number of aromatic nitrogens is 4. The van der Waals surface area contributed by atoms with E-state index in [0.29, 0.717) is 17.2 Å². The minimum Gasteiger partial charge on any atom is -0.322 e. The highest BCUT2D eigenvalue weighted by Gasteiger charge is 2.22. The lowest BCUT2D eigenvalue weighted by atomic mass is 9.98. The zero-order valence-corrected chi connectivity index (χ0v) is 16.0. The monoisotopic (exact) mass is 406 g/mol. The number of pyridine rings is 1. The van der Waals surface area contributed by atoms with Gasteiger partial charge in [0.1, 0.15) is 5.82 Å². The summed E-state index contributed by atoms with van der Waals surface area (Å²) in [4.78, 5) is 31.6. The first-order valence-corrected chi connectivity index (χ1v) is 8.77. The van der Waals surface area contributed by atoms with Gasteiger partial charge in [0.2, 0.25) is 11.5 Å². The molecule has 3 aromatic rings. The van der Waals surface area contributed by atoms with Crippen molar-refractivity contribution in [1.29, 1.82) is 0 Å². The van der Waals surface area contributed by atoms with E-state index in [0.717, 1.165) is 25.9 Å². The molecule has 0 aliphatic carbocycles. The molecule has 148 valence electrons. The lowest BCUT2D eigenvalue weighted by Crippen LogP contribution is -2.27. The van der Waals surface area contributed by atoms with Crippen LogP contribution < -0.4 is 16.2 Å². The highest BCUT2D eigenvalue weighted by atomic mass is 35.5. The minimum atomic E-state index is -0.495. The van der Waals surface area contributed by atoms with Gasteiger partial charge in [-0.1, -0.05) is 0 Å². The number of carbonyl (C=O) groups excluding carboxylic acids is 1. The van der Waals surface area contributed by atoms with E-state index in [2.05, 4.69) is 25.7 Å². The SMILES string of the molecule is Cl.Cn1nc(C2CCNCC2)nc1NC(=O)c1cc(=O)[nH]c2cc(F)ccc12. The third kappa shape index (κ3) is 3.90. The van der Waals surface area contributed by atoms with Gasteiger partial charge in [-0.05, 0) is 44.1 Å². The van der Waals surface area contributed by atoms with Crippen molar-refractivity contribution in [3.63, 3.8) is 0 Å². The van der Waals surface area contributed by atoms with Gasteiger partial charge in [0.05, 0.1) is 11.1 Å². The molecule has 1 amide bonds. The van der Waals surface area contributed by atoms with Crippen LogP contribution in [0.15, 0.2) is 29.1 Å². The van der Waals surface area contributed by atoms with Gasteiger partial charge in [0.25, 0.3) is 5.91 Å². The van der Waals surface area contributed by atoms with Crippen LogP contribution in [0.4, 0.5) is 10.3 Å². The molecule has 0 bridgehead atoms. The van der Waals surface area contributed by atoms with E-state index in [-0.39, 0.29) is 29.4 Å². The molecule has 1 aromatic carbocycles. The number of aryl methyl sites for hydroxylation is 1. The normalized spacial score (nSPS) is 14.6. The smallest absolute Gasteiger partial charge is 0.258 e. The molecule has 1 saturated heterocycles. The van der Waals surface area contributed by atoms with Gasteiger partial charge in [0.15, 0.2) is 5.82 Å². The molecule has 0 atom stereocenters. The van der Waals surface area contributed by atoms with Gasteiger partial charge in [-0.25, -0.2) is 9.07 Å². The third-order valence-corrected chi connectivity index (χ3v) is 4.76. The number of nitrogens with zero attached hydrogens (tertiary/aromatic N) is 3. The van der Waals surface area contributed by atoms with Crippen molar-refractivity contribution in [3.05, 3.63) is 51.8 Å². The van der Waals surface area contributed by atoms with Gasteiger partial charge in [-0.2, -0.15) is 10.1 Å². The van der Waals surface area contributed by atoms with E-state index in [1.165, 1.54) is 28.9 Å². The van der Waals surface area contributed by atoms with Crippen molar-refractivity contribution in [2.75, 3.05) is 18.4 Å². The largest absolute Gasteiger partial charge is 0.322 e. The predicted octanol–water partition coefficient (Wildman–Crippen LogP) is 1.94. The fourth-order valence-electron chi connectivity index (χ4n) is 3.36. The highest BCUT2D eigenvalue weighted by Crippen LogP contribution is 2.24. The molecule has 0 saturated carbocycles. The average Bonchev–Trinajstić information content (AvgIpc) is 3.02. The standard InChI is InChI=1S/C18H19FN6O2.ClH/c1-25-18(22-16(24-25)10-4-6-20-7-5-10)23-17(27)13-9-15(26)21-14-8-11(19)2-3-12(13)14;/h2-3,8-10,20H,4-7H2,1H3,(H,21,26)(H,22,23,24,27);1H. The summed E-state index contributed by atoms with van der Waals surface area (Å²) in [6.07, 6.45) is 1.89. The summed E-state index contributed by atoms with van der Waals surface area (Å²) >= 11 is 0. The Hall–Kier alpha value is -2.78. The minimum absolute atomic E-state index is 0. The molecule has 1 aliphatic rings. The second-order valence-corrected chi connectivity index (χ2v) is 6.63. The summed E-state index contributed by atoms with van der Waals surface area (Å²) in [5.74, 6) is 0.281. The number of aromatic amines is 1. The average molecular weight is 407 g/mol. The van der Waals surface area contributed by atoms with Crippen LogP contribution in [-0.4, -0.2) is 38.7 Å². The van der Waals surface area contributed by atoms with E-state index >= 15 is 0 Å². The molecule has 3 heterocycles. The summed E-state index contributed by atoms with van der Waals surface area (Å²) in [5, 5.41) is 10.9. The quantitative estimate of drug-likeness (QED) is 0.616. The molecule has 0 unspecified atom stereocenters. The number of nitrogens with one attached hydrogen (secondary N) is 3. The van der Waals surface area contributed by atoms with Crippen LogP contribution in [0.1, 0.15) is 34.9 Å². The number of amides is 1. The van der Waals surface area contributed by atoms with Crippen LogP contribution in [0, 0.1) is 5.82 Å². The molecule has 1 aliphatic heterocycles. The van der Waals surface area contributed by atoms with Crippen molar-refractivity contribution in [2.24, 2.45) is 7.05 Å². The molecule has 3 N–H and O–H groups in total. The fourth-order valence-corrected chi connectivity index (χ4v) is 3.36. The number of carbonyl (C=O) groups is 1. The first-order valence-electron chi connectivity index (χ1n) is 8.77. The van der Waals surface area contributed by atoms with Crippen molar-refractivity contribution < 1.29 is 9.18 Å². The van der Waals surface area contributed by atoms with Crippen LogP contribution >= 0.6 is 12.4 Å². The number of H-pyrrole nitrogens is 1. The van der Waals surface area contributed by atoms with E-state index in [1.807, 2.05) is 0 Å². The Morgan fingerprint density at radius 3 is 2.79 bits per heavy atom. The lowest BCUT2D eigenvalue weighted by molar-refractivity contribution is 0.102. The van der Waals surface area contributed by atoms with Gasteiger partial charge < -0.3 is 10.3 Å². The third-order valence-electron chi connectivity index (χ3n) is 4.76. The Morgan fingerprint density at radius 1 is 1.29 bits per heavy atom. The topological polar surface area (TPSA) is 105 Å². The Kier molecular flexibility index (Phi) is 5.76. The number of fused-ring (bicyclic) bond motifs is 1. The number of benzene rings is 1. The zero-order valence-electron chi connectivity index (χ0n) is 15.2. The van der Waals surface area contributed by atoms with Crippen LogP contribution in [0.2, 0.25) is 0 Å². The molecular formula is C18H20ClFN6O2. The molecule has 0 spiro atoms. The van der Waals surface area contributed by atoms with E-state index in [9.17, 15) is 14.0 Å². The number of hydrogen-bond acceptors (Lipinski definition) is 5. The number of anilines is 1. The van der Waals surface area contributed by atoms with Crippen LogP contribution in [0.3, 0.4) is 0 Å². The van der Waals surface area contributed by atoms with Crippen molar-refractivity contribution in [3.8, 4) is 0 Å². The summed E-state index contributed by atoms with van der Waals surface area (Å²) in [7, 11) is 1.71. The number of rotatable bonds is 3. The summed E-state index contributed by atoms with van der Waals surface area (Å²) < 4.78 is 14.9. The number of halogens is 2. The lowest BCUT2D eigenvalue weighted by Gasteiger charge is -2.19. The van der Waals surface area contributed by atoms with E-state index in [1.54, 1.807) is 7.05 Å². The molecule has 4 rings (SSSR count). The summed E-state index contributed by atoms with van der Waals surface area (Å²) in [6.45, 7) is 1.83. The van der Waals surface area contributed by atoms with Gasteiger partial charge in [-0.3, -0.25) is 14.9 Å². The van der Waals surface area contributed by atoms with Gasteiger partial charge >= 0.3 is 0 Å². The van der Waals surface area contributed by atoms with Crippen LogP contribution in [0.25, 0.3) is 10.9 Å². The van der Waals surface area contributed by atoms with E-state index < -0.39 is 17.3 Å². The Balaban J connectivity index is 0.00000225. The maximum absolute atomic E-state index is 13.4. The van der Waals surface area contributed by atoms with Crippen LogP contribution in [-0.2, 0) is 7.05 Å². The Labute approximate surface area is 166 Å².